The highest BCUT2D eigenvalue weighted by molar-refractivity contribution is 7.91. The van der Waals surface area contributed by atoms with Gasteiger partial charge in [-0.2, -0.15) is 0 Å². The number of hydrogen-bond acceptors (Lipinski definition) is 6. The Hall–Kier alpha value is -2.13. The molecule has 2 aliphatic rings. The summed E-state index contributed by atoms with van der Waals surface area (Å²) in [5, 5.41) is 10.1. The lowest BCUT2D eigenvalue weighted by Gasteiger charge is -2.25. The Labute approximate surface area is 200 Å². The van der Waals surface area contributed by atoms with Crippen LogP contribution in [0.3, 0.4) is 0 Å². The first kappa shape index (κ1) is 24.0. The number of rotatable bonds is 8. The lowest BCUT2D eigenvalue weighted by atomic mass is 9.94. The number of ether oxygens (including phenoxy) is 1. The van der Waals surface area contributed by atoms with E-state index >= 15 is 0 Å². The van der Waals surface area contributed by atoms with Gasteiger partial charge in [-0.25, -0.2) is 8.42 Å². The van der Waals surface area contributed by atoms with Crippen molar-refractivity contribution in [3.63, 3.8) is 0 Å². The summed E-state index contributed by atoms with van der Waals surface area (Å²) in [6.07, 6.45) is 2.72. The van der Waals surface area contributed by atoms with Crippen molar-refractivity contribution in [2.45, 2.75) is 54.6 Å². The van der Waals surface area contributed by atoms with Crippen LogP contribution in [0.2, 0.25) is 5.02 Å². The molecule has 0 radical (unpaired) electrons. The van der Waals surface area contributed by atoms with E-state index in [1.807, 2.05) is 6.92 Å². The van der Waals surface area contributed by atoms with E-state index in [0.717, 1.165) is 37.9 Å². The first-order chi connectivity index (χ1) is 15.9. The van der Waals surface area contributed by atoms with Gasteiger partial charge in [0.15, 0.2) is 0 Å². The molecule has 7 nitrogen and oxygen atoms in total. The SMILES string of the molecule is CCCOc1ccc(S(=O)(=O)c2ccc(CNC(=O)C3CC4CNCCC4N3)cc2)cc1Cl. The zero-order valence-electron chi connectivity index (χ0n) is 18.6. The lowest BCUT2D eigenvalue weighted by molar-refractivity contribution is -0.123. The zero-order chi connectivity index (χ0) is 23.4. The van der Waals surface area contributed by atoms with Crippen LogP contribution in [0.5, 0.6) is 5.75 Å². The number of fused-ring (bicyclic) bond motifs is 1. The van der Waals surface area contributed by atoms with E-state index in [1.54, 1.807) is 30.3 Å². The van der Waals surface area contributed by atoms with Crippen LogP contribution in [-0.4, -0.2) is 46.1 Å². The minimum absolute atomic E-state index is 0.0129. The number of hydrogen-bond donors (Lipinski definition) is 3. The molecule has 0 bridgehead atoms. The number of carbonyl (C=O) groups excluding carboxylic acids is 1. The smallest absolute Gasteiger partial charge is 0.237 e. The summed E-state index contributed by atoms with van der Waals surface area (Å²) in [4.78, 5) is 12.9. The van der Waals surface area contributed by atoms with Gasteiger partial charge in [0, 0.05) is 12.6 Å². The predicted molar refractivity (Wildman–Crippen MR) is 127 cm³/mol. The van der Waals surface area contributed by atoms with Crippen molar-refractivity contribution < 1.29 is 17.9 Å². The van der Waals surface area contributed by atoms with Crippen LogP contribution in [0.4, 0.5) is 0 Å². The Kier molecular flexibility index (Phi) is 7.58. The van der Waals surface area contributed by atoms with Gasteiger partial charge in [-0.05, 0) is 74.2 Å². The predicted octanol–water partition coefficient (Wildman–Crippen LogP) is 2.92. The van der Waals surface area contributed by atoms with E-state index in [9.17, 15) is 13.2 Å². The quantitative estimate of drug-likeness (QED) is 0.525. The van der Waals surface area contributed by atoms with E-state index in [4.69, 9.17) is 16.3 Å². The molecular formula is C24H30ClN3O4S. The van der Waals surface area contributed by atoms with Gasteiger partial charge >= 0.3 is 0 Å². The average Bonchev–Trinajstić information content (AvgIpc) is 3.26. The summed E-state index contributed by atoms with van der Waals surface area (Å²) in [7, 11) is -3.72. The highest BCUT2D eigenvalue weighted by Crippen LogP contribution is 2.30. The molecule has 1 amide bonds. The summed E-state index contributed by atoms with van der Waals surface area (Å²) in [6, 6.07) is 11.3. The fourth-order valence-corrected chi connectivity index (χ4v) is 6.00. The number of sulfone groups is 1. The van der Waals surface area contributed by atoms with Crippen LogP contribution in [0.15, 0.2) is 52.3 Å². The van der Waals surface area contributed by atoms with Crippen molar-refractivity contribution in [3.8, 4) is 5.75 Å². The van der Waals surface area contributed by atoms with Crippen molar-refractivity contribution in [3.05, 3.63) is 53.1 Å². The zero-order valence-corrected chi connectivity index (χ0v) is 20.2. The first-order valence-corrected chi connectivity index (χ1v) is 13.3. The van der Waals surface area contributed by atoms with Gasteiger partial charge in [0.2, 0.25) is 15.7 Å². The normalized spacial score (nSPS) is 22.5. The van der Waals surface area contributed by atoms with Crippen molar-refractivity contribution >= 4 is 27.3 Å². The molecule has 3 atom stereocenters. The van der Waals surface area contributed by atoms with Crippen LogP contribution in [0.25, 0.3) is 0 Å². The maximum absolute atomic E-state index is 13.0. The molecule has 0 aromatic heterocycles. The monoisotopic (exact) mass is 491 g/mol. The van der Waals surface area contributed by atoms with Crippen molar-refractivity contribution in [2.75, 3.05) is 19.7 Å². The largest absolute Gasteiger partial charge is 0.492 e. The number of piperidine rings is 1. The molecule has 2 heterocycles. The topological polar surface area (TPSA) is 96.5 Å². The maximum atomic E-state index is 13.0. The molecule has 2 aromatic rings. The fraction of sp³-hybridized carbons (Fsp3) is 0.458. The highest BCUT2D eigenvalue weighted by atomic mass is 35.5. The molecule has 0 spiro atoms. The summed E-state index contributed by atoms with van der Waals surface area (Å²) in [5.41, 5.74) is 0.834. The second-order valence-corrected chi connectivity index (χ2v) is 11.0. The van der Waals surface area contributed by atoms with Crippen LogP contribution in [-0.2, 0) is 21.2 Å². The number of amides is 1. The van der Waals surface area contributed by atoms with Crippen LogP contribution < -0.4 is 20.7 Å². The van der Waals surface area contributed by atoms with Crippen LogP contribution in [0, 0.1) is 5.92 Å². The fourth-order valence-electron chi connectivity index (χ4n) is 4.41. The molecule has 2 aromatic carbocycles. The molecule has 2 aliphatic heterocycles. The summed E-state index contributed by atoms with van der Waals surface area (Å²) < 4.78 is 31.5. The third-order valence-corrected chi connectivity index (χ3v) is 8.32. The number of halogens is 1. The molecule has 0 saturated carbocycles. The second-order valence-electron chi connectivity index (χ2n) is 8.62. The van der Waals surface area contributed by atoms with Crippen molar-refractivity contribution in [1.29, 1.82) is 0 Å². The minimum Gasteiger partial charge on any atom is -0.492 e. The van der Waals surface area contributed by atoms with Gasteiger partial charge in [-0.1, -0.05) is 30.7 Å². The van der Waals surface area contributed by atoms with Gasteiger partial charge in [-0.15, -0.1) is 0 Å². The number of benzene rings is 2. The van der Waals surface area contributed by atoms with Crippen molar-refractivity contribution in [1.82, 2.24) is 16.0 Å². The third kappa shape index (κ3) is 5.51. The minimum atomic E-state index is -3.72. The number of nitrogens with one attached hydrogen (secondary N) is 3. The van der Waals surface area contributed by atoms with Crippen LogP contribution >= 0.6 is 11.6 Å². The Morgan fingerprint density at radius 3 is 2.64 bits per heavy atom. The summed E-state index contributed by atoms with van der Waals surface area (Å²) in [6.45, 7) is 4.79. The van der Waals surface area contributed by atoms with Crippen molar-refractivity contribution in [2.24, 2.45) is 5.92 Å². The summed E-state index contributed by atoms with van der Waals surface area (Å²) >= 11 is 6.21. The first-order valence-electron chi connectivity index (χ1n) is 11.4. The van der Waals surface area contributed by atoms with E-state index in [1.165, 1.54) is 12.1 Å². The standard InChI is InChI=1S/C24H30ClN3O4S/c1-2-11-32-23-8-7-19(13-20(23)25)33(30,31)18-5-3-16(4-6-18)14-27-24(29)22-12-17-15-26-10-9-21(17)28-22/h3-8,13,17,21-22,26,28H,2,9-12,14-15H2,1H3,(H,27,29). The molecule has 33 heavy (non-hydrogen) atoms. The van der Waals surface area contributed by atoms with E-state index < -0.39 is 9.84 Å². The molecule has 4 rings (SSSR count). The van der Waals surface area contributed by atoms with Gasteiger partial charge in [0.1, 0.15) is 5.75 Å². The maximum Gasteiger partial charge on any atom is 0.237 e. The molecular weight excluding hydrogens is 462 g/mol. The Bertz CT molecular complexity index is 1080. The van der Waals surface area contributed by atoms with Gasteiger partial charge in [-0.3, -0.25) is 4.79 Å². The molecule has 2 saturated heterocycles. The molecule has 2 fully saturated rings. The Morgan fingerprint density at radius 1 is 1.18 bits per heavy atom. The van der Waals surface area contributed by atoms with Gasteiger partial charge in [0.25, 0.3) is 0 Å². The Balaban J connectivity index is 1.36. The van der Waals surface area contributed by atoms with Gasteiger partial charge in [0.05, 0.1) is 27.5 Å². The highest BCUT2D eigenvalue weighted by Gasteiger charge is 2.38. The third-order valence-electron chi connectivity index (χ3n) is 6.25. The summed E-state index contributed by atoms with van der Waals surface area (Å²) in [5.74, 6) is 0.955. The van der Waals surface area contributed by atoms with E-state index in [2.05, 4.69) is 16.0 Å². The molecule has 3 unspecified atom stereocenters. The molecule has 0 aliphatic carbocycles. The van der Waals surface area contributed by atoms with E-state index in [-0.39, 0.29) is 26.8 Å². The average molecular weight is 492 g/mol. The number of carbonyl (C=O) groups is 1. The van der Waals surface area contributed by atoms with Crippen LogP contribution in [0.1, 0.15) is 31.7 Å². The van der Waals surface area contributed by atoms with E-state index in [0.29, 0.717) is 30.9 Å². The second kappa shape index (κ2) is 10.4. The molecule has 3 N–H and O–H groups in total. The lowest BCUT2D eigenvalue weighted by Crippen LogP contribution is -2.45. The molecule has 9 heteroatoms. The Morgan fingerprint density at radius 2 is 1.94 bits per heavy atom. The van der Waals surface area contributed by atoms with Gasteiger partial charge < -0.3 is 20.7 Å². The molecule has 178 valence electrons.